The number of hydrogen-bond acceptors (Lipinski definition) is 3. The normalized spacial score (nSPS) is 13.9. The summed E-state index contributed by atoms with van der Waals surface area (Å²) in [7, 11) is 0. The van der Waals surface area contributed by atoms with Crippen molar-refractivity contribution in [2.24, 2.45) is 0 Å². The van der Waals surface area contributed by atoms with E-state index in [0.717, 1.165) is 0 Å². The van der Waals surface area contributed by atoms with Gasteiger partial charge in [-0.25, -0.2) is 4.79 Å². The Morgan fingerprint density at radius 1 is 1.20 bits per heavy atom. The number of carbonyl (C=O) groups is 3. The van der Waals surface area contributed by atoms with E-state index in [9.17, 15) is 22.8 Å². The van der Waals surface area contributed by atoms with Crippen molar-refractivity contribution < 1.29 is 32.7 Å². The summed E-state index contributed by atoms with van der Waals surface area (Å²) in [6.07, 6.45) is -5.08. The van der Waals surface area contributed by atoms with Crippen molar-refractivity contribution >= 4 is 23.5 Å². The maximum absolute atomic E-state index is 11.3. The molecule has 108 valence electrons. The quantitative estimate of drug-likeness (QED) is 0.664. The Morgan fingerprint density at radius 3 is 2.30 bits per heavy atom. The van der Waals surface area contributed by atoms with Gasteiger partial charge in [-0.05, 0) is 12.1 Å². The highest BCUT2D eigenvalue weighted by molar-refractivity contribution is 6.08. The fraction of sp³-hybridized carbons (Fsp3) is 0.182. The SMILES string of the molecule is O=C(O)C(F)(F)F.O=C1CNC(=O)c2ccccc2N1. The van der Waals surface area contributed by atoms with E-state index in [2.05, 4.69) is 10.6 Å². The van der Waals surface area contributed by atoms with Crippen molar-refractivity contribution in [3.63, 3.8) is 0 Å². The Labute approximate surface area is 110 Å². The molecule has 0 aliphatic carbocycles. The zero-order valence-corrected chi connectivity index (χ0v) is 9.82. The van der Waals surface area contributed by atoms with Gasteiger partial charge in [-0.1, -0.05) is 12.1 Å². The number of hydrogen-bond donors (Lipinski definition) is 3. The number of benzene rings is 1. The Kier molecular flexibility index (Phi) is 4.68. The fourth-order valence-electron chi connectivity index (χ4n) is 1.24. The molecule has 2 amide bonds. The van der Waals surface area contributed by atoms with E-state index in [1.807, 2.05) is 0 Å². The highest BCUT2D eigenvalue weighted by atomic mass is 19.4. The molecule has 0 bridgehead atoms. The minimum atomic E-state index is -5.08. The van der Waals surface area contributed by atoms with Gasteiger partial charge in [0.05, 0.1) is 17.8 Å². The summed E-state index contributed by atoms with van der Waals surface area (Å²) in [6.45, 7) is 0.0352. The molecule has 0 unspecified atom stereocenters. The van der Waals surface area contributed by atoms with Crippen molar-refractivity contribution in [3.8, 4) is 0 Å². The number of alkyl halides is 3. The standard InChI is InChI=1S/C9H8N2O2.C2HF3O2/c12-8-5-10-9(13)6-3-1-2-4-7(6)11-8;3-2(4,5)1(6)7/h1-4H,5H2,(H,10,13)(H,11,12);(H,6,7). The van der Waals surface area contributed by atoms with Gasteiger partial charge in [-0.3, -0.25) is 9.59 Å². The lowest BCUT2D eigenvalue weighted by Crippen LogP contribution is -2.28. The molecule has 0 radical (unpaired) electrons. The van der Waals surface area contributed by atoms with Gasteiger partial charge in [-0.2, -0.15) is 13.2 Å². The lowest BCUT2D eigenvalue weighted by Gasteiger charge is -2.02. The van der Waals surface area contributed by atoms with Crippen molar-refractivity contribution in [1.82, 2.24) is 5.32 Å². The van der Waals surface area contributed by atoms with Gasteiger partial charge in [0, 0.05) is 0 Å². The van der Waals surface area contributed by atoms with Crippen LogP contribution in [0, 0.1) is 0 Å². The summed E-state index contributed by atoms with van der Waals surface area (Å²) in [5.41, 5.74) is 1.08. The fourth-order valence-corrected chi connectivity index (χ4v) is 1.24. The molecule has 1 aliphatic rings. The second-order valence-electron chi connectivity index (χ2n) is 3.58. The van der Waals surface area contributed by atoms with Crippen LogP contribution in [0.15, 0.2) is 24.3 Å². The van der Waals surface area contributed by atoms with Crippen LogP contribution in [0.2, 0.25) is 0 Å². The van der Waals surface area contributed by atoms with Gasteiger partial charge in [0.1, 0.15) is 0 Å². The van der Waals surface area contributed by atoms with Gasteiger partial charge in [0.15, 0.2) is 0 Å². The van der Waals surface area contributed by atoms with Crippen LogP contribution in [0.5, 0.6) is 0 Å². The summed E-state index contributed by atoms with van der Waals surface area (Å²) < 4.78 is 31.7. The number of fused-ring (bicyclic) bond motifs is 1. The number of amides is 2. The molecule has 2 rings (SSSR count). The van der Waals surface area contributed by atoms with Crippen LogP contribution < -0.4 is 10.6 Å². The molecule has 0 fully saturated rings. The van der Waals surface area contributed by atoms with Gasteiger partial charge in [0.2, 0.25) is 5.91 Å². The molecule has 0 aromatic heterocycles. The van der Waals surface area contributed by atoms with E-state index in [0.29, 0.717) is 11.3 Å². The molecule has 0 spiro atoms. The number of rotatable bonds is 0. The average molecular weight is 290 g/mol. The highest BCUT2D eigenvalue weighted by Gasteiger charge is 2.38. The lowest BCUT2D eigenvalue weighted by atomic mass is 10.2. The molecule has 20 heavy (non-hydrogen) atoms. The highest BCUT2D eigenvalue weighted by Crippen LogP contribution is 2.16. The van der Waals surface area contributed by atoms with Crippen molar-refractivity contribution in [3.05, 3.63) is 29.8 Å². The second-order valence-corrected chi connectivity index (χ2v) is 3.58. The van der Waals surface area contributed by atoms with Crippen LogP contribution in [-0.4, -0.2) is 35.6 Å². The van der Waals surface area contributed by atoms with E-state index < -0.39 is 12.1 Å². The first-order valence-electron chi connectivity index (χ1n) is 5.19. The monoisotopic (exact) mass is 290 g/mol. The predicted octanol–water partition coefficient (Wildman–Crippen LogP) is 1.00. The van der Waals surface area contributed by atoms with Gasteiger partial charge in [0.25, 0.3) is 5.91 Å². The van der Waals surface area contributed by atoms with Gasteiger partial charge in [-0.15, -0.1) is 0 Å². The molecule has 0 atom stereocenters. The summed E-state index contributed by atoms with van der Waals surface area (Å²) >= 11 is 0. The topological polar surface area (TPSA) is 95.5 Å². The minimum absolute atomic E-state index is 0.0352. The molecule has 9 heteroatoms. The number of nitrogens with one attached hydrogen (secondary N) is 2. The third-order valence-electron chi connectivity index (χ3n) is 2.10. The third-order valence-corrected chi connectivity index (χ3v) is 2.10. The number of para-hydroxylation sites is 1. The first-order chi connectivity index (χ1) is 9.21. The largest absolute Gasteiger partial charge is 0.490 e. The molecule has 6 nitrogen and oxygen atoms in total. The molecule has 3 N–H and O–H groups in total. The van der Waals surface area contributed by atoms with Crippen molar-refractivity contribution in [1.29, 1.82) is 0 Å². The summed E-state index contributed by atoms with van der Waals surface area (Å²) in [5.74, 6) is -3.17. The van der Waals surface area contributed by atoms with Crippen molar-refractivity contribution in [2.75, 3.05) is 11.9 Å². The van der Waals surface area contributed by atoms with Crippen molar-refractivity contribution in [2.45, 2.75) is 6.18 Å². The van der Waals surface area contributed by atoms with Crippen LogP contribution in [0.1, 0.15) is 10.4 Å². The Balaban J connectivity index is 0.000000246. The maximum Gasteiger partial charge on any atom is 0.490 e. The van der Waals surface area contributed by atoms with E-state index in [4.69, 9.17) is 9.90 Å². The zero-order valence-electron chi connectivity index (χ0n) is 9.82. The van der Waals surface area contributed by atoms with Crippen LogP contribution in [0.25, 0.3) is 0 Å². The summed E-state index contributed by atoms with van der Waals surface area (Å²) in [6, 6.07) is 6.92. The van der Waals surface area contributed by atoms with E-state index in [1.165, 1.54) is 0 Å². The minimum Gasteiger partial charge on any atom is -0.475 e. The van der Waals surface area contributed by atoms with Gasteiger partial charge >= 0.3 is 12.1 Å². The zero-order chi connectivity index (χ0) is 15.3. The smallest absolute Gasteiger partial charge is 0.475 e. The first-order valence-corrected chi connectivity index (χ1v) is 5.19. The van der Waals surface area contributed by atoms with E-state index >= 15 is 0 Å². The molecule has 1 heterocycles. The van der Waals surface area contributed by atoms with E-state index in [-0.39, 0.29) is 18.4 Å². The molecular formula is C11H9F3N2O4. The first kappa shape index (κ1) is 15.5. The van der Waals surface area contributed by atoms with E-state index in [1.54, 1.807) is 24.3 Å². The molecule has 0 saturated heterocycles. The molecule has 1 aromatic carbocycles. The predicted molar refractivity (Wildman–Crippen MR) is 61.1 cm³/mol. The molecule has 1 aliphatic heterocycles. The van der Waals surface area contributed by atoms with Crippen LogP contribution in [-0.2, 0) is 9.59 Å². The molecule has 1 aromatic rings. The number of anilines is 1. The second kappa shape index (κ2) is 6.04. The number of carboxylic acid groups (broad SMARTS) is 1. The maximum atomic E-state index is 11.3. The summed E-state index contributed by atoms with van der Waals surface area (Å²) in [4.78, 5) is 31.3. The molecule has 0 saturated carbocycles. The van der Waals surface area contributed by atoms with Crippen LogP contribution >= 0.6 is 0 Å². The van der Waals surface area contributed by atoms with Crippen LogP contribution in [0.3, 0.4) is 0 Å². The number of aliphatic carboxylic acids is 1. The number of halogens is 3. The third kappa shape index (κ3) is 4.26. The average Bonchev–Trinajstić information content (AvgIpc) is 2.49. The number of carboxylic acids is 1. The van der Waals surface area contributed by atoms with Gasteiger partial charge < -0.3 is 15.7 Å². The Morgan fingerprint density at radius 2 is 1.75 bits per heavy atom. The Bertz CT molecular complexity index is 543. The number of carbonyl (C=O) groups excluding carboxylic acids is 2. The van der Waals surface area contributed by atoms with Crippen LogP contribution in [0.4, 0.5) is 18.9 Å². The molecular weight excluding hydrogens is 281 g/mol. The Hall–Kier alpha value is -2.58. The summed E-state index contributed by atoms with van der Waals surface area (Å²) in [5, 5.41) is 12.3. The lowest BCUT2D eigenvalue weighted by molar-refractivity contribution is -0.192.